The molecule has 0 radical (unpaired) electrons. The Balaban J connectivity index is 1.34. The van der Waals surface area contributed by atoms with Crippen molar-refractivity contribution in [3.63, 3.8) is 0 Å². The normalized spacial score (nSPS) is 22.5. The summed E-state index contributed by atoms with van der Waals surface area (Å²) >= 11 is 7.52. The zero-order valence-corrected chi connectivity index (χ0v) is 23.6. The van der Waals surface area contributed by atoms with E-state index in [0.717, 1.165) is 27.9 Å². The van der Waals surface area contributed by atoms with Gasteiger partial charge in [-0.1, -0.05) is 11.6 Å². The third kappa shape index (κ3) is 5.57. The fraction of sp³-hybridized carbons (Fsp3) is 0.481. The predicted octanol–water partition coefficient (Wildman–Crippen LogP) is 3.49. The van der Waals surface area contributed by atoms with Crippen molar-refractivity contribution in [1.82, 2.24) is 30.8 Å². The number of amides is 3. The van der Waals surface area contributed by atoms with Gasteiger partial charge in [0, 0.05) is 65.4 Å². The Kier molecular flexibility index (Phi) is 7.23. The highest BCUT2D eigenvalue weighted by molar-refractivity contribution is 7.13. The number of fused-ring (bicyclic) bond motifs is 2. The standard InChI is InChI=1S/C27H33ClN6O3S/c1-27(2)12-22-21(13-29-27)33-25(38-22)24(36)32-19-10-14(26(37)34(3)4)5-7-18(19)31-23(35)20-11-15-9-16(28)6-8-17(15)30-20/h6,8-9,11,14,18-19,29-30H,5,7,10,12-13H2,1-4H3,(H,31,35)(H,32,36). The van der Waals surface area contributed by atoms with Crippen molar-refractivity contribution in [1.29, 1.82) is 0 Å². The van der Waals surface area contributed by atoms with Crippen LogP contribution in [0.2, 0.25) is 5.02 Å². The Morgan fingerprint density at radius 1 is 1.11 bits per heavy atom. The van der Waals surface area contributed by atoms with E-state index < -0.39 is 6.04 Å². The van der Waals surface area contributed by atoms with Gasteiger partial charge in [0.2, 0.25) is 5.91 Å². The summed E-state index contributed by atoms with van der Waals surface area (Å²) in [6.07, 6.45) is 2.45. The highest BCUT2D eigenvalue weighted by Crippen LogP contribution is 2.30. The van der Waals surface area contributed by atoms with Gasteiger partial charge in [0.1, 0.15) is 5.69 Å². The molecule has 3 atom stereocenters. The average Bonchev–Trinajstić information content (AvgIpc) is 3.47. The number of H-pyrrole nitrogens is 1. The predicted molar refractivity (Wildman–Crippen MR) is 149 cm³/mol. The number of hydrogen-bond acceptors (Lipinski definition) is 6. The zero-order valence-electron chi connectivity index (χ0n) is 22.0. The molecule has 1 aliphatic heterocycles. The van der Waals surface area contributed by atoms with Crippen LogP contribution < -0.4 is 16.0 Å². The largest absolute Gasteiger partial charge is 0.351 e. The van der Waals surface area contributed by atoms with E-state index in [0.29, 0.717) is 41.5 Å². The van der Waals surface area contributed by atoms with Gasteiger partial charge in [0.25, 0.3) is 11.8 Å². The molecule has 3 aromatic rings. The number of nitrogens with one attached hydrogen (secondary N) is 4. The lowest BCUT2D eigenvalue weighted by Crippen LogP contribution is -2.56. The molecule has 3 heterocycles. The number of carbonyl (C=O) groups is 3. The Bertz CT molecular complexity index is 1400. The lowest BCUT2D eigenvalue weighted by molar-refractivity contribution is -0.134. The van der Waals surface area contributed by atoms with E-state index >= 15 is 0 Å². The minimum absolute atomic E-state index is 0.0274. The van der Waals surface area contributed by atoms with Gasteiger partial charge in [-0.05, 0) is 57.4 Å². The van der Waals surface area contributed by atoms with E-state index in [1.807, 2.05) is 6.07 Å². The summed E-state index contributed by atoms with van der Waals surface area (Å²) in [4.78, 5) is 49.7. The summed E-state index contributed by atoms with van der Waals surface area (Å²) < 4.78 is 0. The summed E-state index contributed by atoms with van der Waals surface area (Å²) in [6.45, 7) is 4.89. The lowest BCUT2D eigenvalue weighted by Gasteiger charge is -2.37. The molecule has 0 bridgehead atoms. The molecule has 202 valence electrons. The average molecular weight is 557 g/mol. The molecule has 1 saturated carbocycles. The number of aromatic nitrogens is 2. The van der Waals surface area contributed by atoms with Crippen molar-refractivity contribution < 1.29 is 14.4 Å². The molecule has 4 N–H and O–H groups in total. The Hall–Kier alpha value is -2.95. The van der Waals surface area contributed by atoms with Crippen molar-refractivity contribution in [3.8, 4) is 0 Å². The van der Waals surface area contributed by atoms with Crippen LogP contribution in [0.25, 0.3) is 10.9 Å². The van der Waals surface area contributed by atoms with Crippen LogP contribution in [0.1, 0.15) is 64.0 Å². The van der Waals surface area contributed by atoms with E-state index in [9.17, 15) is 14.4 Å². The van der Waals surface area contributed by atoms with Gasteiger partial charge in [-0.15, -0.1) is 11.3 Å². The van der Waals surface area contributed by atoms with Crippen LogP contribution in [0.4, 0.5) is 0 Å². The van der Waals surface area contributed by atoms with E-state index in [2.05, 4.69) is 39.8 Å². The first kappa shape index (κ1) is 26.6. The highest BCUT2D eigenvalue weighted by atomic mass is 35.5. The van der Waals surface area contributed by atoms with Gasteiger partial charge in [-0.3, -0.25) is 14.4 Å². The third-order valence-electron chi connectivity index (χ3n) is 7.41. The summed E-state index contributed by atoms with van der Waals surface area (Å²) in [5.74, 6) is -0.741. The molecule has 38 heavy (non-hydrogen) atoms. The second kappa shape index (κ2) is 10.3. The van der Waals surface area contributed by atoms with Gasteiger partial charge >= 0.3 is 0 Å². The first-order valence-electron chi connectivity index (χ1n) is 12.8. The van der Waals surface area contributed by atoms with Crippen LogP contribution in [0.3, 0.4) is 0 Å². The number of nitrogens with zero attached hydrogens (tertiary/aromatic N) is 2. The molecular weight excluding hydrogens is 524 g/mol. The number of aromatic amines is 1. The van der Waals surface area contributed by atoms with Gasteiger partial charge < -0.3 is 25.8 Å². The summed E-state index contributed by atoms with van der Waals surface area (Å²) in [7, 11) is 3.48. The Morgan fingerprint density at radius 3 is 2.63 bits per heavy atom. The van der Waals surface area contributed by atoms with Crippen LogP contribution in [-0.4, -0.2) is 64.3 Å². The molecule has 0 spiro atoms. The number of rotatable bonds is 5. The molecule has 1 aliphatic carbocycles. The maximum atomic E-state index is 13.3. The first-order chi connectivity index (χ1) is 18.0. The van der Waals surface area contributed by atoms with Crippen molar-refractivity contribution >= 4 is 51.6 Å². The molecular formula is C27H33ClN6O3S. The number of thiazole rings is 1. The molecule has 2 aliphatic rings. The van der Waals surface area contributed by atoms with Crippen LogP contribution in [0.5, 0.6) is 0 Å². The van der Waals surface area contributed by atoms with E-state index in [-0.39, 0.29) is 35.2 Å². The van der Waals surface area contributed by atoms with Crippen molar-refractivity contribution in [3.05, 3.63) is 50.6 Å². The fourth-order valence-corrected chi connectivity index (χ4v) is 6.73. The lowest BCUT2D eigenvalue weighted by atomic mass is 9.81. The highest BCUT2D eigenvalue weighted by Gasteiger charge is 2.37. The molecule has 1 fully saturated rings. The van der Waals surface area contributed by atoms with Crippen LogP contribution >= 0.6 is 22.9 Å². The van der Waals surface area contributed by atoms with E-state index in [1.54, 1.807) is 37.2 Å². The molecule has 9 nitrogen and oxygen atoms in total. The van der Waals surface area contributed by atoms with Crippen LogP contribution in [0.15, 0.2) is 24.3 Å². The maximum Gasteiger partial charge on any atom is 0.280 e. The Morgan fingerprint density at radius 2 is 1.87 bits per heavy atom. The SMILES string of the molecule is CN(C)C(=O)C1CCC(NC(=O)c2cc3cc(Cl)ccc3[nH]2)C(NC(=O)c2nc3c(s2)CC(C)(C)NC3)C1. The summed E-state index contributed by atoms with van der Waals surface area (Å²) in [5.41, 5.74) is 2.10. The van der Waals surface area contributed by atoms with E-state index in [4.69, 9.17) is 11.6 Å². The van der Waals surface area contributed by atoms with Crippen LogP contribution in [-0.2, 0) is 17.8 Å². The summed E-state index contributed by atoms with van der Waals surface area (Å²) in [6, 6.07) is 6.42. The van der Waals surface area contributed by atoms with E-state index in [1.165, 1.54) is 11.3 Å². The number of halogens is 1. The quantitative estimate of drug-likeness (QED) is 0.383. The second-order valence-corrected chi connectivity index (χ2v) is 12.6. The van der Waals surface area contributed by atoms with Gasteiger partial charge in [-0.25, -0.2) is 4.98 Å². The Labute approximate surface area is 230 Å². The van der Waals surface area contributed by atoms with Crippen LogP contribution in [0, 0.1) is 5.92 Å². The number of benzene rings is 1. The van der Waals surface area contributed by atoms with Gasteiger partial charge in [0.05, 0.1) is 11.7 Å². The first-order valence-corrected chi connectivity index (χ1v) is 14.0. The molecule has 1 aromatic carbocycles. The van der Waals surface area contributed by atoms with Crippen molar-refractivity contribution in [2.45, 2.75) is 63.7 Å². The molecule has 0 saturated heterocycles. The monoisotopic (exact) mass is 556 g/mol. The molecule has 5 rings (SSSR count). The van der Waals surface area contributed by atoms with Gasteiger partial charge in [0.15, 0.2) is 5.01 Å². The smallest absolute Gasteiger partial charge is 0.280 e. The molecule has 3 amide bonds. The third-order valence-corrected chi connectivity index (χ3v) is 8.74. The second-order valence-electron chi connectivity index (χ2n) is 11.1. The van der Waals surface area contributed by atoms with Crippen molar-refractivity contribution in [2.75, 3.05) is 14.1 Å². The molecule has 11 heteroatoms. The number of carbonyl (C=O) groups excluding carboxylic acids is 3. The summed E-state index contributed by atoms with van der Waals surface area (Å²) in [5, 5.41) is 11.5. The van der Waals surface area contributed by atoms with Gasteiger partial charge in [-0.2, -0.15) is 0 Å². The molecule has 2 aromatic heterocycles. The topological polar surface area (TPSA) is 119 Å². The minimum atomic E-state index is -0.414. The number of hydrogen-bond donors (Lipinski definition) is 4. The minimum Gasteiger partial charge on any atom is -0.351 e. The molecule has 3 unspecified atom stereocenters. The van der Waals surface area contributed by atoms with Crippen molar-refractivity contribution in [2.24, 2.45) is 5.92 Å². The maximum absolute atomic E-state index is 13.3. The fourth-order valence-electron chi connectivity index (χ4n) is 5.34. The zero-order chi connectivity index (χ0) is 27.2.